The van der Waals surface area contributed by atoms with Gasteiger partial charge in [0.05, 0.1) is 25.6 Å². The van der Waals surface area contributed by atoms with Crippen molar-refractivity contribution in [2.75, 3.05) is 32.8 Å². The van der Waals surface area contributed by atoms with Gasteiger partial charge in [0.2, 0.25) is 5.88 Å². The van der Waals surface area contributed by atoms with E-state index >= 15 is 0 Å². The Morgan fingerprint density at radius 2 is 1.77 bits per heavy atom. The normalized spacial score (nSPS) is 10.6. The van der Waals surface area contributed by atoms with Crippen LogP contribution in [0.1, 0.15) is 27.9 Å². The summed E-state index contributed by atoms with van der Waals surface area (Å²) >= 11 is 3.40. The number of ether oxygens (including phenoxy) is 4. The molecule has 1 heterocycles. The summed E-state index contributed by atoms with van der Waals surface area (Å²) in [6.45, 7) is 3.26. The van der Waals surface area contributed by atoms with Crippen molar-refractivity contribution < 1.29 is 28.5 Å². The number of amides is 2. The molecule has 3 rings (SSSR count). The molecule has 12 heteroatoms. The predicted octanol–water partition coefficient (Wildman–Crippen LogP) is 4.03. The molecule has 2 N–H and O–H groups in total. The number of pyridine rings is 1. The van der Waals surface area contributed by atoms with Crippen molar-refractivity contribution in [1.29, 1.82) is 5.26 Å². The number of methoxy groups -OCH3 is 2. The monoisotopic (exact) mass is 609 g/mol. The molecule has 0 spiro atoms. The highest BCUT2D eigenvalue weighted by Crippen LogP contribution is 2.30. The molecule has 0 aliphatic rings. The summed E-state index contributed by atoms with van der Waals surface area (Å²) < 4.78 is 22.3. The average molecular weight is 610 g/mol. The van der Waals surface area contributed by atoms with Crippen molar-refractivity contribution in [3.8, 4) is 23.4 Å². The lowest BCUT2D eigenvalue weighted by atomic mass is 10.1. The SMILES string of the molecule is COCc1c(Br)c(C)nc(OCC(=O)N/N=C\c2ccc(OCC(=O)Nc3ccc(C)cc3)c(OC)c2)c1C#N. The van der Waals surface area contributed by atoms with Crippen LogP contribution in [0.5, 0.6) is 17.4 Å². The molecule has 0 fully saturated rings. The fourth-order valence-electron chi connectivity index (χ4n) is 3.42. The maximum Gasteiger partial charge on any atom is 0.278 e. The fourth-order valence-corrected chi connectivity index (χ4v) is 3.82. The second kappa shape index (κ2) is 14.6. The van der Waals surface area contributed by atoms with Gasteiger partial charge in [-0.1, -0.05) is 17.7 Å². The number of carbonyl (C=O) groups excluding carboxylic acids is 2. The molecule has 0 aliphatic carbocycles. The zero-order chi connectivity index (χ0) is 29.1. The van der Waals surface area contributed by atoms with Crippen LogP contribution < -0.4 is 25.0 Å². The van der Waals surface area contributed by atoms with Crippen molar-refractivity contribution in [2.24, 2.45) is 5.10 Å². The molecular weight excluding hydrogens is 582 g/mol. The van der Waals surface area contributed by atoms with Gasteiger partial charge in [-0.3, -0.25) is 9.59 Å². The molecule has 11 nitrogen and oxygen atoms in total. The number of aromatic nitrogens is 1. The summed E-state index contributed by atoms with van der Waals surface area (Å²) in [5.74, 6) is -0.0831. The first-order valence-corrected chi connectivity index (χ1v) is 12.7. The van der Waals surface area contributed by atoms with E-state index in [-0.39, 0.29) is 30.6 Å². The van der Waals surface area contributed by atoms with Crippen LogP contribution in [0.2, 0.25) is 0 Å². The maximum atomic E-state index is 12.3. The van der Waals surface area contributed by atoms with Gasteiger partial charge in [-0.2, -0.15) is 10.4 Å². The lowest BCUT2D eigenvalue weighted by molar-refractivity contribution is -0.123. The average Bonchev–Trinajstić information content (AvgIpc) is 2.95. The topological polar surface area (TPSA) is 144 Å². The zero-order valence-corrected chi connectivity index (χ0v) is 24.0. The van der Waals surface area contributed by atoms with E-state index in [2.05, 4.69) is 36.8 Å². The molecule has 0 saturated heterocycles. The quantitative estimate of drug-likeness (QED) is 0.231. The van der Waals surface area contributed by atoms with Crippen molar-refractivity contribution in [2.45, 2.75) is 20.5 Å². The van der Waals surface area contributed by atoms with Crippen molar-refractivity contribution in [3.05, 3.63) is 74.9 Å². The summed E-state index contributed by atoms with van der Waals surface area (Å²) in [5.41, 5.74) is 6.09. The first-order chi connectivity index (χ1) is 19.2. The number of nitrogens with zero attached hydrogens (tertiary/aromatic N) is 3. The minimum atomic E-state index is -0.553. The Morgan fingerprint density at radius 1 is 1.05 bits per heavy atom. The highest BCUT2D eigenvalue weighted by atomic mass is 79.9. The van der Waals surface area contributed by atoms with Gasteiger partial charge in [0.1, 0.15) is 11.6 Å². The largest absolute Gasteiger partial charge is 0.493 e. The number of halogens is 1. The first-order valence-electron chi connectivity index (χ1n) is 12.0. The second-order valence-corrected chi connectivity index (χ2v) is 9.20. The lowest BCUT2D eigenvalue weighted by Crippen LogP contribution is -2.25. The van der Waals surface area contributed by atoms with Crippen LogP contribution in [0.25, 0.3) is 0 Å². The molecule has 0 saturated carbocycles. The van der Waals surface area contributed by atoms with Crippen LogP contribution >= 0.6 is 15.9 Å². The fraction of sp³-hybridized carbons (Fsp3) is 0.250. The molecule has 208 valence electrons. The smallest absolute Gasteiger partial charge is 0.278 e. The number of carbonyl (C=O) groups is 2. The number of hydrazone groups is 1. The van der Waals surface area contributed by atoms with Crippen LogP contribution in [0.4, 0.5) is 5.69 Å². The third-order valence-electron chi connectivity index (χ3n) is 5.39. The van der Waals surface area contributed by atoms with Crippen LogP contribution in [-0.2, 0) is 20.9 Å². The van der Waals surface area contributed by atoms with Gasteiger partial charge >= 0.3 is 0 Å². The van der Waals surface area contributed by atoms with Gasteiger partial charge in [0.25, 0.3) is 11.8 Å². The van der Waals surface area contributed by atoms with E-state index in [1.165, 1.54) is 20.4 Å². The van der Waals surface area contributed by atoms with Crippen molar-refractivity contribution in [3.63, 3.8) is 0 Å². The Kier molecular flexibility index (Phi) is 11.0. The molecule has 0 unspecified atom stereocenters. The van der Waals surface area contributed by atoms with Crippen molar-refractivity contribution >= 4 is 39.6 Å². The van der Waals surface area contributed by atoms with Gasteiger partial charge in [-0.25, -0.2) is 10.4 Å². The van der Waals surface area contributed by atoms with Gasteiger partial charge in [-0.05, 0) is 65.7 Å². The Labute approximate surface area is 240 Å². The molecule has 0 bridgehead atoms. The summed E-state index contributed by atoms with van der Waals surface area (Å²) in [5, 5.41) is 16.2. The Morgan fingerprint density at radius 3 is 2.45 bits per heavy atom. The minimum absolute atomic E-state index is 0.0299. The number of nitrogens with one attached hydrogen (secondary N) is 2. The maximum absolute atomic E-state index is 12.3. The summed E-state index contributed by atoms with van der Waals surface area (Å²) in [7, 11) is 2.98. The van der Waals surface area contributed by atoms with E-state index in [4.69, 9.17) is 18.9 Å². The summed E-state index contributed by atoms with van der Waals surface area (Å²) in [6, 6.07) is 14.4. The molecule has 2 amide bonds. The van der Waals surface area contributed by atoms with Crippen LogP contribution in [0, 0.1) is 25.2 Å². The lowest BCUT2D eigenvalue weighted by Gasteiger charge is -2.13. The number of aryl methyl sites for hydroxylation is 2. The molecule has 0 atom stereocenters. The molecule has 1 aromatic heterocycles. The highest BCUT2D eigenvalue weighted by Gasteiger charge is 2.18. The molecule has 0 radical (unpaired) electrons. The molecule has 0 aliphatic heterocycles. The first kappa shape index (κ1) is 30.1. The minimum Gasteiger partial charge on any atom is -0.493 e. The number of anilines is 1. The van der Waals surface area contributed by atoms with E-state index in [0.29, 0.717) is 38.5 Å². The number of hydrogen-bond donors (Lipinski definition) is 2. The molecule has 40 heavy (non-hydrogen) atoms. The van der Waals surface area contributed by atoms with E-state index in [0.717, 1.165) is 5.56 Å². The predicted molar refractivity (Wildman–Crippen MR) is 152 cm³/mol. The van der Waals surface area contributed by atoms with Crippen LogP contribution in [-0.4, -0.2) is 50.4 Å². The van der Waals surface area contributed by atoms with E-state index in [9.17, 15) is 14.9 Å². The highest BCUT2D eigenvalue weighted by molar-refractivity contribution is 9.10. The third-order valence-corrected chi connectivity index (χ3v) is 6.45. The number of rotatable bonds is 12. The molecule has 3 aromatic rings. The number of nitriles is 1. The second-order valence-electron chi connectivity index (χ2n) is 8.41. The Hall–Kier alpha value is -4.47. The van der Waals surface area contributed by atoms with Gasteiger partial charge in [-0.15, -0.1) is 0 Å². The summed E-state index contributed by atoms with van der Waals surface area (Å²) in [4.78, 5) is 28.7. The van der Waals surface area contributed by atoms with Crippen molar-refractivity contribution in [1.82, 2.24) is 10.4 Å². The van der Waals surface area contributed by atoms with E-state index < -0.39 is 12.5 Å². The molecular formula is C28H28BrN5O6. The van der Waals surface area contributed by atoms with E-state index in [1.807, 2.05) is 37.3 Å². The van der Waals surface area contributed by atoms with Crippen LogP contribution in [0.15, 0.2) is 52.0 Å². The standard InChI is InChI=1S/C28H28BrN5O6/c1-17-5-8-20(9-6-17)33-25(35)15-39-23-10-7-19(11-24(23)38-4)13-31-34-26(36)16-40-28-21(12-30)22(14-37-3)27(29)18(2)32-28/h5-11,13H,14-16H2,1-4H3,(H,33,35)(H,34,36)/b31-13-. The summed E-state index contributed by atoms with van der Waals surface area (Å²) in [6.07, 6.45) is 1.41. The number of hydrogen-bond acceptors (Lipinski definition) is 9. The van der Waals surface area contributed by atoms with Gasteiger partial charge in [0, 0.05) is 22.8 Å². The number of benzene rings is 2. The van der Waals surface area contributed by atoms with Gasteiger partial charge in [0.15, 0.2) is 24.7 Å². The van der Waals surface area contributed by atoms with Gasteiger partial charge < -0.3 is 24.3 Å². The Bertz CT molecular complexity index is 1440. The molecule has 2 aromatic carbocycles. The van der Waals surface area contributed by atoms with Crippen LogP contribution in [0.3, 0.4) is 0 Å². The van der Waals surface area contributed by atoms with E-state index in [1.54, 1.807) is 25.1 Å². The zero-order valence-electron chi connectivity index (χ0n) is 22.4. The third kappa shape index (κ3) is 8.26. The Balaban J connectivity index is 1.54.